The van der Waals surface area contributed by atoms with E-state index in [1.165, 1.54) is 6.07 Å². The molecule has 2 atom stereocenters. The van der Waals surface area contributed by atoms with Gasteiger partial charge in [-0.3, -0.25) is 4.39 Å². The van der Waals surface area contributed by atoms with E-state index in [9.17, 15) is 18.0 Å². The van der Waals surface area contributed by atoms with Gasteiger partial charge in [0.2, 0.25) is 0 Å². The third-order valence-electron chi connectivity index (χ3n) is 7.75. The van der Waals surface area contributed by atoms with E-state index in [4.69, 9.17) is 4.74 Å². The third-order valence-corrected chi connectivity index (χ3v) is 7.75. The summed E-state index contributed by atoms with van der Waals surface area (Å²) in [7, 11) is 0. The van der Waals surface area contributed by atoms with Crippen LogP contribution in [-0.4, -0.2) is 52.2 Å². The van der Waals surface area contributed by atoms with Crippen molar-refractivity contribution in [2.45, 2.75) is 32.4 Å². The predicted molar refractivity (Wildman–Crippen MR) is 142 cm³/mol. The van der Waals surface area contributed by atoms with Gasteiger partial charge in [0, 0.05) is 12.1 Å². The lowest BCUT2D eigenvalue weighted by Crippen LogP contribution is -2.48. The van der Waals surface area contributed by atoms with Crippen LogP contribution in [-0.2, 0) is 6.54 Å². The van der Waals surface area contributed by atoms with Crippen molar-refractivity contribution < 1.29 is 22.7 Å². The van der Waals surface area contributed by atoms with Gasteiger partial charge < -0.3 is 19.5 Å². The maximum atomic E-state index is 14.1. The molecule has 1 aromatic heterocycles. The summed E-state index contributed by atoms with van der Waals surface area (Å²) in [6.07, 6.45) is 0.872. The van der Waals surface area contributed by atoms with E-state index in [0.29, 0.717) is 44.6 Å². The number of urea groups is 1. The first-order valence-electron chi connectivity index (χ1n) is 13.2. The minimum absolute atomic E-state index is 0.224. The zero-order valence-corrected chi connectivity index (χ0v) is 21.6. The van der Waals surface area contributed by atoms with Crippen LogP contribution in [0.1, 0.15) is 35.8 Å². The number of benzene rings is 3. The van der Waals surface area contributed by atoms with Crippen LogP contribution in [0.4, 0.5) is 18.0 Å². The molecule has 9 heteroatoms. The summed E-state index contributed by atoms with van der Waals surface area (Å²) < 4.78 is 47.3. The van der Waals surface area contributed by atoms with Gasteiger partial charge in [0.25, 0.3) is 0 Å². The van der Waals surface area contributed by atoms with Crippen LogP contribution in [0.15, 0.2) is 54.6 Å². The molecule has 3 heterocycles. The highest BCUT2D eigenvalue weighted by Crippen LogP contribution is 2.37. The van der Waals surface area contributed by atoms with Gasteiger partial charge in [-0.05, 0) is 78.8 Å². The highest BCUT2D eigenvalue weighted by atomic mass is 19.2. The van der Waals surface area contributed by atoms with E-state index in [1.807, 2.05) is 37.3 Å². The van der Waals surface area contributed by atoms with Gasteiger partial charge in [0.1, 0.15) is 18.2 Å². The molecule has 4 aromatic rings. The first-order valence-corrected chi connectivity index (χ1v) is 13.2. The number of nitrogens with zero attached hydrogens (tertiary/aromatic N) is 3. The SMILES string of the molecule is Cc1nc2ccc(-c3ccc4c(c3)CN(C(=O)N3CC[C@H](CF)C[C@@H]3c3ccc(F)c(F)c3)CCO4)cc2[nH]1. The zero-order valence-electron chi connectivity index (χ0n) is 21.6. The number of amides is 2. The van der Waals surface area contributed by atoms with Crippen LogP contribution in [0.2, 0.25) is 0 Å². The number of H-pyrrole nitrogens is 1. The smallest absolute Gasteiger partial charge is 0.320 e. The molecule has 1 N–H and O–H groups in total. The summed E-state index contributed by atoms with van der Waals surface area (Å²) >= 11 is 0. The number of hydrogen-bond donors (Lipinski definition) is 1. The molecule has 0 unspecified atom stereocenters. The van der Waals surface area contributed by atoms with Gasteiger partial charge in [-0.1, -0.05) is 18.2 Å². The minimum atomic E-state index is -0.977. The lowest BCUT2D eigenvalue weighted by molar-refractivity contribution is 0.0875. The molecule has 3 aromatic carbocycles. The maximum absolute atomic E-state index is 14.1. The second kappa shape index (κ2) is 10.3. The van der Waals surface area contributed by atoms with Crippen molar-refractivity contribution >= 4 is 17.1 Å². The molecule has 1 fully saturated rings. The van der Waals surface area contributed by atoms with Crippen molar-refractivity contribution in [1.29, 1.82) is 0 Å². The van der Waals surface area contributed by atoms with Gasteiger partial charge in [0.05, 0.1) is 36.8 Å². The number of alkyl halides is 1. The number of carbonyl (C=O) groups is 1. The standard InChI is InChI=1S/C30H29F3N4O2/c1-18-34-26-6-3-21(15-27(26)35-18)20-4-7-29-23(13-20)17-36(10-11-39-29)30(38)37-9-8-19(16-31)12-28(37)22-2-5-24(32)25(33)14-22/h2-7,13-15,19,28H,8-12,16-17H2,1H3,(H,34,35)/t19-,28+/m0/s1. The van der Waals surface area contributed by atoms with Gasteiger partial charge in [-0.25, -0.2) is 18.6 Å². The highest BCUT2D eigenvalue weighted by molar-refractivity contribution is 5.82. The Hall–Kier alpha value is -4.01. The number of likely N-dealkylation sites (tertiary alicyclic amines) is 1. The first kappa shape index (κ1) is 25.3. The summed E-state index contributed by atoms with van der Waals surface area (Å²) in [6.45, 7) is 2.78. The molecule has 0 bridgehead atoms. The number of fused-ring (bicyclic) bond motifs is 2. The maximum Gasteiger partial charge on any atom is 0.320 e. The molecular weight excluding hydrogens is 505 g/mol. The number of imidazole rings is 1. The fourth-order valence-electron chi connectivity index (χ4n) is 5.68. The Kier molecular flexibility index (Phi) is 6.66. The largest absolute Gasteiger partial charge is 0.491 e. The number of carbonyl (C=O) groups excluding carboxylic acids is 1. The molecule has 202 valence electrons. The van der Waals surface area contributed by atoms with E-state index < -0.39 is 24.4 Å². The van der Waals surface area contributed by atoms with E-state index in [-0.39, 0.29) is 11.9 Å². The number of aromatic nitrogens is 2. The van der Waals surface area contributed by atoms with Crippen LogP contribution in [0.25, 0.3) is 22.2 Å². The van der Waals surface area contributed by atoms with Gasteiger partial charge in [0.15, 0.2) is 11.6 Å². The molecule has 2 aliphatic heterocycles. The van der Waals surface area contributed by atoms with Crippen LogP contribution < -0.4 is 4.74 Å². The highest BCUT2D eigenvalue weighted by Gasteiger charge is 2.36. The summed E-state index contributed by atoms with van der Waals surface area (Å²) in [5, 5.41) is 0. The Morgan fingerprint density at radius 1 is 1.05 bits per heavy atom. The Morgan fingerprint density at radius 3 is 2.69 bits per heavy atom. The van der Waals surface area contributed by atoms with E-state index in [2.05, 4.69) is 16.0 Å². The average Bonchev–Trinajstić information content (AvgIpc) is 3.19. The average molecular weight is 535 g/mol. The fraction of sp³-hybridized carbons (Fsp3) is 0.333. The third kappa shape index (κ3) is 4.93. The van der Waals surface area contributed by atoms with Crippen molar-refractivity contribution in [3.8, 4) is 16.9 Å². The normalized spacial score (nSPS) is 19.5. The van der Waals surface area contributed by atoms with Gasteiger partial charge >= 0.3 is 6.03 Å². The number of aryl methyl sites for hydroxylation is 1. The fourth-order valence-corrected chi connectivity index (χ4v) is 5.68. The molecular formula is C30H29F3N4O2. The molecule has 0 saturated carbocycles. The molecule has 39 heavy (non-hydrogen) atoms. The first-order chi connectivity index (χ1) is 18.9. The second-order valence-electron chi connectivity index (χ2n) is 10.4. The molecule has 0 radical (unpaired) electrons. The predicted octanol–water partition coefficient (Wildman–Crippen LogP) is 6.55. The Labute approximate surface area is 224 Å². The van der Waals surface area contributed by atoms with Gasteiger partial charge in [-0.15, -0.1) is 0 Å². The summed E-state index contributed by atoms with van der Waals surface area (Å²) in [5.74, 6) is -0.590. The Bertz CT molecular complexity index is 1540. The minimum Gasteiger partial charge on any atom is -0.491 e. The van der Waals surface area contributed by atoms with Crippen molar-refractivity contribution in [3.63, 3.8) is 0 Å². The molecule has 1 saturated heterocycles. The zero-order chi connectivity index (χ0) is 27.1. The van der Waals surface area contributed by atoms with Crippen LogP contribution >= 0.6 is 0 Å². The number of hydrogen-bond acceptors (Lipinski definition) is 3. The number of halogens is 3. The van der Waals surface area contributed by atoms with Crippen LogP contribution in [0.3, 0.4) is 0 Å². The molecule has 0 spiro atoms. The number of nitrogens with one attached hydrogen (secondary N) is 1. The summed E-state index contributed by atoms with van der Waals surface area (Å²) in [6, 6.07) is 14.9. The molecule has 0 aliphatic carbocycles. The number of piperidine rings is 1. The van der Waals surface area contributed by atoms with E-state index >= 15 is 0 Å². The lowest BCUT2D eigenvalue weighted by Gasteiger charge is -2.41. The quantitative estimate of drug-likeness (QED) is 0.324. The number of rotatable bonds is 3. The number of ether oxygens (including phenoxy) is 1. The van der Waals surface area contributed by atoms with Crippen LogP contribution in [0.5, 0.6) is 5.75 Å². The van der Waals surface area contributed by atoms with Crippen LogP contribution in [0, 0.1) is 24.5 Å². The summed E-state index contributed by atoms with van der Waals surface area (Å²) in [4.78, 5) is 25.0. The Balaban J connectivity index is 1.28. The van der Waals surface area contributed by atoms with Crippen molar-refractivity contribution in [2.24, 2.45) is 5.92 Å². The molecule has 2 aliphatic rings. The topological polar surface area (TPSA) is 61.5 Å². The van der Waals surface area contributed by atoms with E-state index in [1.54, 1.807) is 9.80 Å². The van der Waals surface area contributed by atoms with E-state index in [0.717, 1.165) is 51.4 Å². The monoisotopic (exact) mass is 534 g/mol. The summed E-state index contributed by atoms with van der Waals surface area (Å²) in [5.41, 5.74) is 5.21. The lowest BCUT2D eigenvalue weighted by atomic mass is 9.88. The molecule has 6 nitrogen and oxygen atoms in total. The Morgan fingerprint density at radius 2 is 1.87 bits per heavy atom. The second-order valence-corrected chi connectivity index (χ2v) is 10.4. The van der Waals surface area contributed by atoms with Crippen molar-refractivity contribution in [2.75, 3.05) is 26.4 Å². The number of aromatic amines is 1. The van der Waals surface area contributed by atoms with Gasteiger partial charge in [-0.2, -0.15) is 0 Å². The molecule has 2 amide bonds. The molecule has 6 rings (SSSR count). The van der Waals surface area contributed by atoms with Crippen molar-refractivity contribution in [3.05, 3.63) is 83.2 Å². The van der Waals surface area contributed by atoms with Crippen molar-refractivity contribution in [1.82, 2.24) is 19.8 Å².